The quantitative estimate of drug-likeness (QED) is 0.191. The lowest BCUT2D eigenvalue weighted by Gasteiger charge is -2.14. The summed E-state index contributed by atoms with van der Waals surface area (Å²) in [5.41, 5.74) is 3.63. The number of carbonyl (C=O) groups excluding carboxylic acids is 2. The van der Waals surface area contributed by atoms with E-state index in [9.17, 15) is 9.59 Å². The molecule has 2 aromatic rings. The molecule has 2 aromatic carbocycles. The van der Waals surface area contributed by atoms with E-state index in [0.29, 0.717) is 41.7 Å². The van der Waals surface area contributed by atoms with Crippen LogP contribution >= 0.6 is 15.9 Å². The third-order valence-corrected chi connectivity index (χ3v) is 4.76. The van der Waals surface area contributed by atoms with Crippen LogP contribution in [0.1, 0.15) is 38.7 Å². The number of nitrogens with zero attached hydrogens (tertiary/aromatic N) is 1. The first-order valence-electron chi connectivity index (χ1n) is 10.3. The maximum absolute atomic E-state index is 12.0. The highest BCUT2D eigenvalue weighted by Gasteiger charge is 2.12. The zero-order chi connectivity index (χ0) is 23.3. The Bertz CT molecular complexity index is 932. The molecule has 0 unspecified atom stereocenters. The average molecular weight is 506 g/mol. The largest absolute Gasteiger partial charge is 0.497 e. The predicted molar refractivity (Wildman–Crippen MR) is 128 cm³/mol. The molecule has 32 heavy (non-hydrogen) atoms. The van der Waals surface area contributed by atoms with Gasteiger partial charge in [0.1, 0.15) is 12.2 Å². The van der Waals surface area contributed by atoms with Gasteiger partial charge in [0, 0.05) is 5.69 Å². The first kappa shape index (κ1) is 25.2. The van der Waals surface area contributed by atoms with Gasteiger partial charge in [-0.05, 0) is 71.2 Å². The molecule has 172 valence electrons. The van der Waals surface area contributed by atoms with Gasteiger partial charge in [0.2, 0.25) is 11.8 Å². The molecular weight excluding hydrogens is 478 g/mol. The van der Waals surface area contributed by atoms with Gasteiger partial charge in [-0.25, -0.2) is 5.43 Å². The molecule has 0 saturated carbocycles. The molecule has 8 nitrogen and oxygen atoms in total. The first-order valence-corrected chi connectivity index (χ1v) is 11.1. The molecule has 0 saturated heterocycles. The minimum atomic E-state index is -0.532. The maximum Gasteiger partial charge on any atom is 0.249 e. The standard InChI is InChI=1S/C23H28BrN3O5/c1-4-6-11-32-23-19(24)12-16(13-20(23)31-5-2)15-25-27-22(29)14-21(28)26-17-7-9-18(30-3)10-8-17/h7-10,12-13,15H,4-6,11,14H2,1-3H3,(H,26,28)(H,27,29). The molecule has 2 N–H and O–H groups in total. The van der Waals surface area contributed by atoms with Gasteiger partial charge in [-0.15, -0.1) is 0 Å². The molecule has 0 atom stereocenters. The van der Waals surface area contributed by atoms with Gasteiger partial charge in [-0.1, -0.05) is 13.3 Å². The van der Waals surface area contributed by atoms with Gasteiger partial charge in [-0.2, -0.15) is 5.10 Å². The van der Waals surface area contributed by atoms with Crippen molar-refractivity contribution in [3.8, 4) is 17.2 Å². The number of hydrazone groups is 1. The summed E-state index contributed by atoms with van der Waals surface area (Å²) < 4.78 is 17.3. The van der Waals surface area contributed by atoms with Gasteiger partial charge in [0.05, 0.1) is 31.0 Å². The number of ether oxygens (including phenoxy) is 3. The molecule has 0 spiro atoms. The number of hydrogen-bond donors (Lipinski definition) is 2. The number of nitrogens with one attached hydrogen (secondary N) is 2. The van der Waals surface area contributed by atoms with Crippen molar-refractivity contribution < 1.29 is 23.8 Å². The van der Waals surface area contributed by atoms with E-state index in [1.807, 2.05) is 13.0 Å². The summed E-state index contributed by atoms with van der Waals surface area (Å²) in [6.45, 7) is 5.06. The van der Waals surface area contributed by atoms with Crippen LogP contribution in [0.2, 0.25) is 0 Å². The van der Waals surface area contributed by atoms with E-state index < -0.39 is 11.8 Å². The second-order valence-corrected chi connectivity index (χ2v) is 7.57. The Hall–Kier alpha value is -3.07. The lowest BCUT2D eigenvalue weighted by molar-refractivity contribution is -0.126. The number of anilines is 1. The topological polar surface area (TPSA) is 98.2 Å². The van der Waals surface area contributed by atoms with E-state index in [1.54, 1.807) is 37.4 Å². The Morgan fingerprint density at radius 2 is 1.84 bits per heavy atom. The monoisotopic (exact) mass is 505 g/mol. The smallest absolute Gasteiger partial charge is 0.249 e. The Kier molecular flexibility index (Phi) is 10.5. The molecule has 0 radical (unpaired) electrons. The zero-order valence-electron chi connectivity index (χ0n) is 18.4. The first-order chi connectivity index (χ1) is 15.5. The summed E-state index contributed by atoms with van der Waals surface area (Å²) in [6.07, 6.45) is 3.09. The van der Waals surface area contributed by atoms with Crippen LogP contribution in [0.15, 0.2) is 46.0 Å². The van der Waals surface area contributed by atoms with E-state index in [-0.39, 0.29) is 6.42 Å². The van der Waals surface area contributed by atoms with Gasteiger partial charge in [-0.3, -0.25) is 9.59 Å². The molecule has 0 bridgehead atoms. The molecule has 0 aliphatic heterocycles. The fraction of sp³-hybridized carbons (Fsp3) is 0.348. The van der Waals surface area contributed by atoms with Crippen molar-refractivity contribution in [1.29, 1.82) is 0 Å². The summed E-state index contributed by atoms with van der Waals surface area (Å²) in [5.74, 6) is 0.921. The zero-order valence-corrected chi connectivity index (χ0v) is 20.0. The summed E-state index contributed by atoms with van der Waals surface area (Å²) in [6, 6.07) is 10.4. The molecule has 0 aliphatic rings. The average Bonchev–Trinajstić information content (AvgIpc) is 2.76. The third kappa shape index (κ3) is 8.22. The predicted octanol–water partition coefficient (Wildman–Crippen LogP) is 4.51. The maximum atomic E-state index is 12.0. The number of methoxy groups -OCH3 is 1. The summed E-state index contributed by atoms with van der Waals surface area (Å²) >= 11 is 3.50. The highest BCUT2D eigenvalue weighted by molar-refractivity contribution is 9.10. The summed E-state index contributed by atoms with van der Waals surface area (Å²) in [7, 11) is 1.56. The minimum Gasteiger partial charge on any atom is -0.497 e. The van der Waals surface area contributed by atoms with Crippen LogP contribution in [0.5, 0.6) is 17.2 Å². The van der Waals surface area contributed by atoms with Crippen LogP contribution in [0.4, 0.5) is 5.69 Å². The number of halogens is 1. The van der Waals surface area contributed by atoms with Gasteiger partial charge < -0.3 is 19.5 Å². The molecule has 0 aromatic heterocycles. The number of amides is 2. The second kappa shape index (κ2) is 13.4. The van der Waals surface area contributed by atoms with Crippen molar-refractivity contribution in [2.24, 2.45) is 5.10 Å². The molecule has 0 heterocycles. The summed E-state index contributed by atoms with van der Waals surface area (Å²) in [5, 5.41) is 6.58. The molecular formula is C23H28BrN3O5. The lowest BCUT2D eigenvalue weighted by Crippen LogP contribution is -2.24. The van der Waals surface area contributed by atoms with Crippen LogP contribution < -0.4 is 25.0 Å². The Morgan fingerprint density at radius 3 is 2.50 bits per heavy atom. The lowest BCUT2D eigenvalue weighted by atomic mass is 10.2. The van der Waals surface area contributed by atoms with Crippen molar-refractivity contribution in [2.75, 3.05) is 25.6 Å². The Labute approximate surface area is 196 Å². The molecule has 2 amide bonds. The Morgan fingerprint density at radius 1 is 1.09 bits per heavy atom. The van der Waals surface area contributed by atoms with Gasteiger partial charge >= 0.3 is 0 Å². The van der Waals surface area contributed by atoms with Crippen molar-refractivity contribution in [3.05, 3.63) is 46.4 Å². The van der Waals surface area contributed by atoms with Crippen molar-refractivity contribution in [1.82, 2.24) is 5.43 Å². The van der Waals surface area contributed by atoms with E-state index in [0.717, 1.165) is 17.3 Å². The highest BCUT2D eigenvalue weighted by atomic mass is 79.9. The van der Waals surface area contributed by atoms with Gasteiger partial charge in [0.25, 0.3) is 0 Å². The second-order valence-electron chi connectivity index (χ2n) is 6.71. The van der Waals surface area contributed by atoms with E-state index in [2.05, 4.69) is 38.7 Å². The summed E-state index contributed by atoms with van der Waals surface area (Å²) in [4.78, 5) is 24.0. The fourth-order valence-corrected chi connectivity index (χ4v) is 3.20. The van der Waals surface area contributed by atoms with Gasteiger partial charge in [0.15, 0.2) is 11.5 Å². The van der Waals surface area contributed by atoms with Crippen LogP contribution in [0.25, 0.3) is 0 Å². The van der Waals surface area contributed by atoms with E-state index in [4.69, 9.17) is 14.2 Å². The number of unbranched alkanes of at least 4 members (excludes halogenated alkanes) is 1. The van der Waals surface area contributed by atoms with Crippen LogP contribution in [-0.4, -0.2) is 38.4 Å². The minimum absolute atomic E-state index is 0.360. The van der Waals surface area contributed by atoms with Crippen molar-refractivity contribution >= 4 is 39.6 Å². The highest BCUT2D eigenvalue weighted by Crippen LogP contribution is 2.36. The fourth-order valence-electron chi connectivity index (χ4n) is 2.63. The molecule has 2 rings (SSSR count). The van der Waals surface area contributed by atoms with Crippen LogP contribution in [0, 0.1) is 0 Å². The third-order valence-electron chi connectivity index (χ3n) is 4.17. The number of rotatable bonds is 12. The number of hydrogen-bond acceptors (Lipinski definition) is 6. The van der Waals surface area contributed by atoms with Crippen LogP contribution in [0.3, 0.4) is 0 Å². The van der Waals surface area contributed by atoms with Crippen LogP contribution in [-0.2, 0) is 9.59 Å². The molecule has 9 heteroatoms. The molecule has 0 aliphatic carbocycles. The SMILES string of the molecule is CCCCOc1c(Br)cc(C=NNC(=O)CC(=O)Nc2ccc(OC)cc2)cc1OCC. The molecule has 0 fully saturated rings. The normalized spacial score (nSPS) is 10.6. The number of benzene rings is 2. The van der Waals surface area contributed by atoms with E-state index >= 15 is 0 Å². The van der Waals surface area contributed by atoms with Crippen molar-refractivity contribution in [3.63, 3.8) is 0 Å². The Balaban J connectivity index is 1.92. The number of carbonyl (C=O) groups is 2. The van der Waals surface area contributed by atoms with Crippen molar-refractivity contribution in [2.45, 2.75) is 33.1 Å². The van der Waals surface area contributed by atoms with E-state index in [1.165, 1.54) is 6.21 Å².